The van der Waals surface area contributed by atoms with Crippen LogP contribution in [0.15, 0.2) is 24.3 Å². The Kier molecular flexibility index (Phi) is 6.53. The fourth-order valence-corrected chi connectivity index (χ4v) is 3.98. The van der Waals surface area contributed by atoms with Crippen molar-refractivity contribution in [1.82, 2.24) is 15.6 Å². The lowest BCUT2D eigenvalue weighted by Crippen LogP contribution is -2.50. The number of carbonyl (C=O) groups excluding carboxylic acids is 2. The van der Waals surface area contributed by atoms with Crippen molar-refractivity contribution in [1.29, 1.82) is 5.26 Å². The van der Waals surface area contributed by atoms with Gasteiger partial charge in [0.1, 0.15) is 17.6 Å². The minimum atomic E-state index is -0.524. The number of nitriles is 1. The summed E-state index contributed by atoms with van der Waals surface area (Å²) in [5.41, 5.74) is 0.892. The third-order valence-electron chi connectivity index (χ3n) is 5.43. The number of fused-ring (bicyclic) bond motifs is 1. The highest BCUT2D eigenvalue weighted by molar-refractivity contribution is 5.98. The third kappa shape index (κ3) is 5.14. The monoisotopic (exact) mass is 398 g/mol. The first kappa shape index (κ1) is 20.8. The number of aromatic amines is 1. The lowest BCUT2D eigenvalue weighted by molar-refractivity contribution is -0.127. The van der Waals surface area contributed by atoms with Crippen LogP contribution >= 0.6 is 0 Å². The fourth-order valence-electron chi connectivity index (χ4n) is 3.98. The van der Waals surface area contributed by atoms with Gasteiger partial charge in [0.15, 0.2) is 0 Å². The van der Waals surface area contributed by atoms with E-state index in [1.165, 1.54) is 12.1 Å². The van der Waals surface area contributed by atoms with Crippen LogP contribution in [-0.4, -0.2) is 28.9 Å². The minimum absolute atomic E-state index is 0.180. The average Bonchev–Trinajstić information content (AvgIpc) is 3.10. The van der Waals surface area contributed by atoms with Crippen molar-refractivity contribution < 1.29 is 14.0 Å². The van der Waals surface area contributed by atoms with Crippen LogP contribution in [0.4, 0.5) is 4.39 Å². The lowest BCUT2D eigenvalue weighted by Gasteiger charge is -2.31. The van der Waals surface area contributed by atoms with E-state index >= 15 is 0 Å². The molecule has 3 N–H and O–H groups in total. The van der Waals surface area contributed by atoms with Crippen molar-refractivity contribution in [3.63, 3.8) is 0 Å². The first-order valence-electron chi connectivity index (χ1n) is 10.2. The number of rotatable bonds is 6. The lowest BCUT2D eigenvalue weighted by atomic mass is 9.83. The quantitative estimate of drug-likeness (QED) is 0.693. The molecule has 29 heavy (non-hydrogen) atoms. The van der Waals surface area contributed by atoms with Crippen LogP contribution in [-0.2, 0) is 4.79 Å². The normalized spacial score (nSPS) is 20.2. The second-order valence-electron chi connectivity index (χ2n) is 8.21. The number of carbonyl (C=O) groups is 2. The molecule has 1 fully saturated rings. The molecule has 1 heterocycles. The molecular weight excluding hydrogens is 371 g/mol. The van der Waals surface area contributed by atoms with Crippen LogP contribution in [0.3, 0.4) is 0 Å². The number of hydrogen-bond acceptors (Lipinski definition) is 3. The summed E-state index contributed by atoms with van der Waals surface area (Å²) in [4.78, 5) is 28.5. The first-order valence-corrected chi connectivity index (χ1v) is 10.2. The van der Waals surface area contributed by atoms with Crippen molar-refractivity contribution in [3.05, 3.63) is 35.8 Å². The number of aromatic nitrogens is 1. The molecule has 0 radical (unpaired) electrons. The van der Waals surface area contributed by atoms with Crippen molar-refractivity contribution in [2.75, 3.05) is 0 Å². The standard InChI is InChI=1S/C22H27FN4O2/c1-13(2)9-16(12-24)25-21(28)17-5-3-4-6-18(17)27-22(29)20-10-14-7-8-15(23)11-19(14)26-20/h7-8,10-11,13,16-18,26H,3-6,9H2,1-2H3,(H,25,28)(H,27,29)/t16-,17+,18-/m0/s1. The third-order valence-corrected chi connectivity index (χ3v) is 5.43. The highest BCUT2D eigenvalue weighted by Gasteiger charge is 2.33. The zero-order valence-electron chi connectivity index (χ0n) is 16.8. The fraction of sp³-hybridized carbons (Fsp3) is 0.500. The second-order valence-corrected chi connectivity index (χ2v) is 8.21. The predicted octanol–water partition coefficient (Wildman–Crippen LogP) is 3.65. The number of amides is 2. The SMILES string of the molecule is CC(C)C[C@@H](C#N)NC(=O)[C@@H]1CCCC[C@@H]1NC(=O)c1cc2ccc(F)cc2[nH]1. The molecule has 0 saturated heterocycles. The summed E-state index contributed by atoms with van der Waals surface area (Å²) in [5.74, 6) is -0.929. The van der Waals surface area contributed by atoms with Crippen LogP contribution in [0.5, 0.6) is 0 Å². The number of hydrogen-bond donors (Lipinski definition) is 3. The molecule has 3 rings (SSSR count). The smallest absolute Gasteiger partial charge is 0.267 e. The Balaban J connectivity index is 1.69. The zero-order valence-corrected chi connectivity index (χ0v) is 16.8. The summed E-state index contributed by atoms with van der Waals surface area (Å²) in [6.45, 7) is 4.01. The van der Waals surface area contributed by atoms with Crippen molar-refractivity contribution in [3.8, 4) is 6.07 Å². The maximum atomic E-state index is 13.4. The Morgan fingerprint density at radius 1 is 1.28 bits per heavy atom. The maximum Gasteiger partial charge on any atom is 0.267 e. The molecule has 1 aromatic heterocycles. The van der Waals surface area contributed by atoms with E-state index in [-0.39, 0.29) is 29.6 Å². The number of nitrogens with one attached hydrogen (secondary N) is 3. The molecule has 154 valence electrons. The molecule has 2 amide bonds. The maximum absolute atomic E-state index is 13.4. The molecule has 0 unspecified atom stereocenters. The highest BCUT2D eigenvalue weighted by atomic mass is 19.1. The molecule has 1 saturated carbocycles. The summed E-state index contributed by atoms with van der Waals surface area (Å²) in [7, 11) is 0. The summed E-state index contributed by atoms with van der Waals surface area (Å²) in [6, 6.07) is 7.32. The Labute approximate surface area is 169 Å². The van der Waals surface area contributed by atoms with Gasteiger partial charge in [0.25, 0.3) is 5.91 Å². The Morgan fingerprint density at radius 3 is 2.76 bits per heavy atom. The molecule has 0 bridgehead atoms. The van der Waals surface area contributed by atoms with Gasteiger partial charge in [0.2, 0.25) is 5.91 Å². The van der Waals surface area contributed by atoms with Gasteiger partial charge in [-0.25, -0.2) is 4.39 Å². The molecule has 7 heteroatoms. The van der Waals surface area contributed by atoms with E-state index < -0.39 is 6.04 Å². The number of halogens is 1. The van der Waals surface area contributed by atoms with Gasteiger partial charge in [-0.3, -0.25) is 9.59 Å². The second kappa shape index (κ2) is 9.08. The van der Waals surface area contributed by atoms with Crippen LogP contribution in [0.25, 0.3) is 10.9 Å². The van der Waals surface area contributed by atoms with Crippen molar-refractivity contribution >= 4 is 22.7 Å². The molecule has 0 spiro atoms. The van der Waals surface area contributed by atoms with Gasteiger partial charge in [0.05, 0.1) is 12.0 Å². The van der Waals surface area contributed by atoms with Gasteiger partial charge in [-0.1, -0.05) is 26.7 Å². The molecule has 1 aromatic carbocycles. The first-order chi connectivity index (χ1) is 13.9. The molecule has 6 nitrogen and oxygen atoms in total. The Morgan fingerprint density at radius 2 is 2.03 bits per heavy atom. The molecule has 1 aliphatic rings. The van der Waals surface area contributed by atoms with Crippen LogP contribution < -0.4 is 10.6 Å². The Bertz CT molecular complexity index is 931. The van der Waals surface area contributed by atoms with Gasteiger partial charge < -0.3 is 15.6 Å². The zero-order chi connectivity index (χ0) is 21.0. The van der Waals surface area contributed by atoms with Gasteiger partial charge >= 0.3 is 0 Å². The summed E-state index contributed by atoms with van der Waals surface area (Å²) < 4.78 is 13.4. The van der Waals surface area contributed by atoms with Crippen molar-refractivity contribution in [2.24, 2.45) is 11.8 Å². The minimum Gasteiger partial charge on any atom is -0.350 e. The topological polar surface area (TPSA) is 97.8 Å². The predicted molar refractivity (Wildman–Crippen MR) is 108 cm³/mol. The number of benzene rings is 1. The van der Waals surface area contributed by atoms with E-state index in [2.05, 4.69) is 21.7 Å². The summed E-state index contributed by atoms with van der Waals surface area (Å²) in [5, 5.41) is 15.9. The van der Waals surface area contributed by atoms with Crippen molar-refractivity contribution in [2.45, 2.75) is 58.0 Å². The van der Waals surface area contributed by atoms with E-state index in [0.717, 1.165) is 18.2 Å². The molecule has 2 aromatic rings. The van der Waals surface area contributed by atoms with E-state index in [0.29, 0.717) is 36.4 Å². The molecule has 3 atom stereocenters. The largest absolute Gasteiger partial charge is 0.350 e. The summed E-state index contributed by atoms with van der Waals surface area (Å²) in [6.07, 6.45) is 3.82. The highest BCUT2D eigenvalue weighted by Crippen LogP contribution is 2.26. The van der Waals surface area contributed by atoms with E-state index in [9.17, 15) is 19.2 Å². The number of H-pyrrole nitrogens is 1. The average molecular weight is 398 g/mol. The van der Waals surface area contributed by atoms with Gasteiger partial charge in [-0.2, -0.15) is 5.26 Å². The van der Waals surface area contributed by atoms with Crippen LogP contribution in [0.1, 0.15) is 56.4 Å². The molecular formula is C22H27FN4O2. The van der Waals surface area contributed by atoms with E-state index in [1.54, 1.807) is 12.1 Å². The van der Waals surface area contributed by atoms with Gasteiger partial charge in [-0.05, 0) is 49.4 Å². The molecule has 1 aliphatic carbocycles. The molecule has 0 aliphatic heterocycles. The van der Waals surface area contributed by atoms with Crippen LogP contribution in [0, 0.1) is 29.0 Å². The van der Waals surface area contributed by atoms with Crippen LogP contribution in [0.2, 0.25) is 0 Å². The van der Waals surface area contributed by atoms with Gasteiger partial charge in [-0.15, -0.1) is 0 Å². The van der Waals surface area contributed by atoms with Gasteiger partial charge in [0, 0.05) is 16.9 Å². The van der Waals surface area contributed by atoms with E-state index in [4.69, 9.17) is 0 Å². The van der Waals surface area contributed by atoms with E-state index in [1.807, 2.05) is 13.8 Å². The Hall–Kier alpha value is -2.88. The summed E-state index contributed by atoms with van der Waals surface area (Å²) >= 11 is 0. The number of nitrogens with zero attached hydrogens (tertiary/aromatic N) is 1.